The molecule has 1 aromatic rings. The Balaban J connectivity index is 1.72. The van der Waals surface area contributed by atoms with E-state index < -0.39 is 10.0 Å². The molecule has 12 heteroatoms. The Bertz CT molecular complexity index is 1370. The van der Waals surface area contributed by atoms with E-state index in [-0.39, 0.29) is 0 Å². The van der Waals surface area contributed by atoms with Crippen LogP contribution in [0.25, 0.3) is 17.6 Å². The molecule has 4 heterocycles. The van der Waals surface area contributed by atoms with Crippen LogP contribution in [-0.2, 0) is 21.2 Å². The van der Waals surface area contributed by atoms with Crippen molar-refractivity contribution in [3.63, 3.8) is 0 Å². The van der Waals surface area contributed by atoms with Crippen LogP contribution in [0.3, 0.4) is 0 Å². The summed E-state index contributed by atoms with van der Waals surface area (Å²) in [4.78, 5) is 6.63. The predicted octanol–water partition coefficient (Wildman–Crippen LogP) is 0.971. The summed E-state index contributed by atoms with van der Waals surface area (Å²) in [7, 11) is -1.42. The Morgan fingerprint density at radius 1 is 1.29 bits per heavy atom. The number of aromatic nitrogens is 2. The zero-order valence-corrected chi connectivity index (χ0v) is 24.0. The van der Waals surface area contributed by atoms with Crippen LogP contribution in [0.1, 0.15) is 31.9 Å². The molecule has 4 rings (SSSR count). The van der Waals surface area contributed by atoms with Crippen molar-refractivity contribution in [3.05, 3.63) is 46.0 Å². The topological polar surface area (TPSA) is 104 Å². The summed E-state index contributed by atoms with van der Waals surface area (Å²) in [5.41, 5.74) is 2.38. The smallest absolute Gasteiger partial charge is 0.211 e. The van der Waals surface area contributed by atoms with E-state index >= 15 is 0 Å². The standard InChI is InChI=1S/C26H38ClN7O3S/c1-6-21(17-29-19(3)28-4)23-25(27)34-24(26(30-23)32-12-14-37-15-13-32)18(2)22(31-34)16-20-8-7-10-33(11-9-20)38(5,35)36/h6,17,20,28,30H,2-3,7-16H2,1,4-5H3. The van der Waals surface area contributed by atoms with Gasteiger partial charge in [-0.3, -0.25) is 0 Å². The molecule has 1 atom stereocenters. The number of aliphatic imine (C=N–C) groups is 1. The highest BCUT2D eigenvalue weighted by atomic mass is 35.5. The van der Waals surface area contributed by atoms with Crippen molar-refractivity contribution in [2.24, 2.45) is 10.9 Å². The maximum absolute atomic E-state index is 12.1. The molecule has 2 N–H and O–H groups in total. The van der Waals surface area contributed by atoms with Crippen LogP contribution >= 0.6 is 11.6 Å². The number of hydrogen-bond acceptors (Lipinski definition) is 8. The highest BCUT2D eigenvalue weighted by Gasteiger charge is 2.28. The van der Waals surface area contributed by atoms with Crippen molar-refractivity contribution >= 4 is 45.4 Å². The third-order valence-electron chi connectivity index (χ3n) is 7.26. The Kier molecular flexibility index (Phi) is 9.02. The van der Waals surface area contributed by atoms with Crippen molar-refractivity contribution in [3.8, 4) is 0 Å². The first-order chi connectivity index (χ1) is 18.1. The van der Waals surface area contributed by atoms with Crippen LogP contribution in [0.5, 0.6) is 0 Å². The number of nitrogens with zero attached hydrogens (tertiary/aromatic N) is 5. The van der Waals surface area contributed by atoms with E-state index in [0.29, 0.717) is 55.3 Å². The lowest BCUT2D eigenvalue weighted by atomic mass is 9.95. The van der Waals surface area contributed by atoms with E-state index in [4.69, 9.17) is 21.4 Å². The fourth-order valence-electron chi connectivity index (χ4n) is 5.03. The van der Waals surface area contributed by atoms with Gasteiger partial charge in [-0.2, -0.15) is 5.10 Å². The largest absolute Gasteiger partial charge is 0.378 e. The Hall–Kier alpha value is -2.60. The van der Waals surface area contributed by atoms with E-state index in [1.807, 2.05) is 13.0 Å². The number of nitrogens with one attached hydrogen (secondary N) is 2. The minimum Gasteiger partial charge on any atom is -0.378 e. The summed E-state index contributed by atoms with van der Waals surface area (Å²) in [6.07, 6.45) is 8.22. The molecule has 38 heavy (non-hydrogen) atoms. The quantitative estimate of drug-likeness (QED) is 0.454. The Morgan fingerprint density at radius 2 is 2.03 bits per heavy atom. The molecule has 2 saturated heterocycles. The first-order valence-electron chi connectivity index (χ1n) is 13.0. The van der Waals surface area contributed by atoms with E-state index in [1.54, 1.807) is 22.2 Å². The number of fused-ring (bicyclic) bond motifs is 1. The van der Waals surface area contributed by atoms with Gasteiger partial charge >= 0.3 is 0 Å². The first kappa shape index (κ1) is 28.4. The predicted molar refractivity (Wildman–Crippen MR) is 153 cm³/mol. The van der Waals surface area contributed by atoms with E-state index in [0.717, 1.165) is 60.0 Å². The van der Waals surface area contributed by atoms with Gasteiger partial charge in [0, 0.05) is 50.2 Å². The average Bonchev–Trinajstić information content (AvgIpc) is 3.05. The second-order valence-electron chi connectivity index (χ2n) is 9.79. The van der Waals surface area contributed by atoms with Crippen LogP contribution in [0, 0.1) is 5.92 Å². The summed E-state index contributed by atoms with van der Waals surface area (Å²) in [5.74, 6) is 1.74. The fraction of sp³-hybridized carbons (Fsp3) is 0.538. The van der Waals surface area contributed by atoms with Gasteiger partial charge in [0.2, 0.25) is 10.0 Å². The summed E-state index contributed by atoms with van der Waals surface area (Å²) in [6, 6.07) is 0. The van der Waals surface area contributed by atoms with E-state index in [2.05, 4.69) is 33.7 Å². The second kappa shape index (κ2) is 12.1. The van der Waals surface area contributed by atoms with Gasteiger partial charge in [-0.15, -0.1) is 0 Å². The van der Waals surface area contributed by atoms with Crippen molar-refractivity contribution < 1.29 is 13.2 Å². The van der Waals surface area contributed by atoms with Gasteiger partial charge in [-0.25, -0.2) is 22.4 Å². The number of ether oxygens (including phenoxy) is 1. The SMILES string of the molecule is C=C(N=CC(=CC)C1=C(Cl)n2nc(CC3CCCN(S(C)(=O)=O)CC3)c(=C)c2=C(N2CCOCC2)N1)NC. The molecular weight excluding hydrogens is 526 g/mol. The van der Waals surface area contributed by atoms with Gasteiger partial charge in [0.25, 0.3) is 0 Å². The first-order valence-corrected chi connectivity index (χ1v) is 15.2. The van der Waals surface area contributed by atoms with Crippen LogP contribution in [0.2, 0.25) is 0 Å². The van der Waals surface area contributed by atoms with Crippen LogP contribution < -0.4 is 21.2 Å². The molecule has 0 aliphatic carbocycles. The molecule has 10 nitrogen and oxygen atoms in total. The Labute approximate surface area is 230 Å². The molecule has 208 valence electrons. The van der Waals surface area contributed by atoms with Gasteiger partial charge in [0.15, 0.2) is 5.16 Å². The van der Waals surface area contributed by atoms with Crippen LogP contribution in [0.4, 0.5) is 0 Å². The van der Waals surface area contributed by atoms with E-state index in [9.17, 15) is 8.42 Å². The monoisotopic (exact) mass is 563 g/mol. The molecule has 1 unspecified atom stereocenters. The highest BCUT2D eigenvalue weighted by molar-refractivity contribution is 7.88. The average molecular weight is 564 g/mol. The lowest BCUT2D eigenvalue weighted by molar-refractivity contribution is 0.0613. The van der Waals surface area contributed by atoms with Gasteiger partial charge in [0.1, 0.15) is 17.0 Å². The number of allylic oxidation sites excluding steroid dienone is 2. The van der Waals surface area contributed by atoms with Crippen LogP contribution in [-0.4, -0.2) is 86.3 Å². The maximum atomic E-state index is 12.1. The summed E-state index contributed by atoms with van der Waals surface area (Å²) in [6.45, 7) is 14.0. The molecule has 0 saturated carbocycles. The number of morpholine rings is 1. The van der Waals surface area contributed by atoms with Crippen molar-refractivity contribution in [1.29, 1.82) is 0 Å². The number of halogens is 1. The third kappa shape index (κ3) is 6.17. The van der Waals surface area contributed by atoms with Gasteiger partial charge in [-0.05, 0) is 38.5 Å². The van der Waals surface area contributed by atoms with Crippen molar-refractivity contribution in [2.75, 3.05) is 52.7 Å². The lowest BCUT2D eigenvalue weighted by Crippen LogP contribution is -2.49. The summed E-state index contributed by atoms with van der Waals surface area (Å²) >= 11 is 6.98. The fourth-order valence-corrected chi connectivity index (χ4v) is 6.21. The number of sulfonamides is 1. The molecule has 0 spiro atoms. The van der Waals surface area contributed by atoms with Gasteiger partial charge in [-0.1, -0.05) is 30.8 Å². The normalized spacial score (nSPS) is 21.9. The molecule has 0 aromatic carbocycles. The molecular formula is C26H38ClN7O3S. The van der Waals surface area contributed by atoms with Crippen molar-refractivity contribution in [1.82, 2.24) is 29.6 Å². The third-order valence-corrected chi connectivity index (χ3v) is 8.91. The zero-order valence-electron chi connectivity index (χ0n) is 22.5. The van der Waals surface area contributed by atoms with Crippen molar-refractivity contribution in [2.45, 2.75) is 32.6 Å². The van der Waals surface area contributed by atoms with Gasteiger partial charge in [0.05, 0.1) is 30.9 Å². The van der Waals surface area contributed by atoms with E-state index in [1.165, 1.54) is 6.26 Å². The molecule has 2 fully saturated rings. The lowest BCUT2D eigenvalue weighted by Gasteiger charge is -2.34. The number of rotatable bonds is 8. The minimum absolute atomic E-state index is 0.312. The molecule has 0 radical (unpaired) electrons. The Morgan fingerprint density at radius 3 is 2.68 bits per heavy atom. The number of hydrogen-bond donors (Lipinski definition) is 2. The molecule has 3 aliphatic rings. The molecule has 0 bridgehead atoms. The molecule has 0 amide bonds. The maximum Gasteiger partial charge on any atom is 0.211 e. The molecule has 3 aliphatic heterocycles. The molecule has 1 aromatic heterocycles. The second-order valence-corrected chi connectivity index (χ2v) is 12.1. The summed E-state index contributed by atoms with van der Waals surface area (Å²) in [5, 5.41) is 13.6. The highest BCUT2D eigenvalue weighted by Crippen LogP contribution is 2.25. The minimum atomic E-state index is -3.19. The zero-order chi connectivity index (χ0) is 27.4. The summed E-state index contributed by atoms with van der Waals surface area (Å²) < 4.78 is 33.1. The van der Waals surface area contributed by atoms with Gasteiger partial charge < -0.3 is 20.3 Å². The van der Waals surface area contributed by atoms with Crippen LogP contribution in [0.15, 0.2) is 34.7 Å².